The van der Waals surface area contributed by atoms with E-state index in [0.717, 1.165) is 75.8 Å². The number of anilines is 1. The Balaban J connectivity index is 1.33. The minimum atomic E-state index is -3.85. The summed E-state index contributed by atoms with van der Waals surface area (Å²) in [5, 5.41) is 5.98. The van der Waals surface area contributed by atoms with Gasteiger partial charge in [-0.3, -0.25) is 5.43 Å². The second-order valence-electron chi connectivity index (χ2n) is 8.36. The maximum atomic E-state index is 12.5. The Hall–Kier alpha value is -1.94. The van der Waals surface area contributed by atoms with E-state index in [0.29, 0.717) is 6.54 Å². The Morgan fingerprint density at radius 2 is 1.67 bits per heavy atom. The lowest BCUT2D eigenvalue weighted by molar-refractivity contribution is 0.110. The van der Waals surface area contributed by atoms with E-state index in [-0.39, 0.29) is 0 Å². The van der Waals surface area contributed by atoms with Crippen LogP contribution in [0, 0.1) is 0 Å². The fourth-order valence-corrected chi connectivity index (χ4v) is 5.32. The second-order valence-corrected chi connectivity index (χ2v) is 9.93. The molecular weight excluding hydrogens is 402 g/mol. The molecule has 0 unspecified atom stereocenters. The van der Waals surface area contributed by atoms with E-state index in [9.17, 15) is 13.2 Å². The Kier molecular flexibility index (Phi) is 6.43. The highest BCUT2D eigenvalue weighted by Gasteiger charge is 2.25. The molecule has 0 bridgehead atoms. The van der Waals surface area contributed by atoms with E-state index in [1.807, 2.05) is 0 Å². The van der Waals surface area contributed by atoms with Gasteiger partial charge in [0.2, 0.25) is 0 Å². The fraction of sp³-hybridized carbons (Fsp3) is 0.571. The molecule has 164 valence electrons. The number of urea groups is 1. The summed E-state index contributed by atoms with van der Waals surface area (Å²) >= 11 is 0. The Labute approximate surface area is 178 Å². The molecule has 2 aliphatic carbocycles. The molecule has 30 heavy (non-hydrogen) atoms. The van der Waals surface area contributed by atoms with Crippen molar-refractivity contribution in [1.29, 1.82) is 0 Å². The third-order valence-corrected chi connectivity index (χ3v) is 7.18. The van der Waals surface area contributed by atoms with Gasteiger partial charge in [-0.1, -0.05) is 12.1 Å². The number of piperazine rings is 1. The Morgan fingerprint density at radius 3 is 2.30 bits per heavy atom. The standard InChI is InChI=1S/C21H31N5O3S/c1-25-10-12-26(13-11-25)22-9-4-14-30(28,29)24-21(27)23-20-18-7-2-5-16(18)15-17-6-3-8-19(17)20/h4,14-15,22H,2-3,5-13H2,1H3,(H2,23,24,27)/b14-4+. The largest absolute Gasteiger partial charge is 0.333 e. The van der Waals surface area contributed by atoms with Crippen molar-refractivity contribution in [2.75, 3.05) is 45.1 Å². The van der Waals surface area contributed by atoms with Crippen molar-refractivity contribution in [3.8, 4) is 0 Å². The summed E-state index contributed by atoms with van der Waals surface area (Å²) in [5.41, 5.74) is 8.97. The lowest BCUT2D eigenvalue weighted by Gasteiger charge is -2.32. The van der Waals surface area contributed by atoms with Crippen LogP contribution in [0.25, 0.3) is 0 Å². The second kappa shape index (κ2) is 9.05. The number of amides is 2. The molecule has 0 spiro atoms. The van der Waals surface area contributed by atoms with Crippen molar-refractivity contribution < 1.29 is 13.2 Å². The number of rotatable bonds is 6. The van der Waals surface area contributed by atoms with E-state index in [1.54, 1.807) is 0 Å². The molecule has 1 aromatic rings. The van der Waals surface area contributed by atoms with Crippen LogP contribution in [-0.2, 0) is 35.7 Å². The van der Waals surface area contributed by atoms with Gasteiger partial charge in [0.05, 0.1) is 0 Å². The van der Waals surface area contributed by atoms with Crippen LogP contribution >= 0.6 is 0 Å². The number of nitrogens with one attached hydrogen (secondary N) is 3. The van der Waals surface area contributed by atoms with Gasteiger partial charge in [-0.05, 0) is 67.8 Å². The third kappa shape index (κ3) is 5.03. The van der Waals surface area contributed by atoms with Gasteiger partial charge in [0.1, 0.15) is 0 Å². The number of hydrogen-bond donors (Lipinski definition) is 3. The quantitative estimate of drug-likeness (QED) is 0.628. The molecule has 8 nitrogen and oxygen atoms in total. The minimum Gasteiger partial charge on any atom is -0.307 e. The highest BCUT2D eigenvalue weighted by molar-refractivity contribution is 7.92. The van der Waals surface area contributed by atoms with Gasteiger partial charge in [0, 0.05) is 43.8 Å². The number of nitrogens with zero attached hydrogens (tertiary/aromatic N) is 2. The number of hydrazine groups is 1. The Morgan fingerprint density at radius 1 is 1.03 bits per heavy atom. The normalized spacial score (nSPS) is 19.8. The van der Waals surface area contributed by atoms with Crippen LogP contribution in [0.5, 0.6) is 0 Å². The number of hydrogen-bond acceptors (Lipinski definition) is 6. The van der Waals surface area contributed by atoms with Crippen LogP contribution in [0.15, 0.2) is 17.6 Å². The molecular formula is C21H31N5O3S. The molecule has 9 heteroatoms. The molecule has 0 aromatic heterocycles. The monoisotopic (exact) mass is 433 g/mol. The van der Waals surface area contributed by atoms with Gasteiger partial charge in [-0.2, -0.15) is 0 Å². The topological polar surface area (TPSA) is 93.8 Å². The number of sulfonamides is 1. The van der Waals surface area contributed by atoms with Gasteiger partial charge >= 0.3 is 6.03 Å². The van der Waals surface area contributed by atoms with Crippen molar-refractivity contribution in [3.63, 3.8) is 0 Å². The van der Waals surface area contributed by atoms with Gasteiger partial charge in [-0.25, -0.2) is 22.9 Å². The number of fused-ring (bicyclic) bond motifs is 2. The summed E-state index contributed by atoms with van der Waals surface area (Å²) < 4.78 is 26.7. The first-order valence-electron chi connectivity index (χ1n) is 10.7. The molecule has 1 heterocycles. The molecule has 3 aliphatic rings. The predicted octanol–water partition coefficient (Wildman–Crippen LogP) is 1.38. The molecule has 1 aliphatic heterocycles. The minimum absolute atomic E-state index is 0.395. The molecule has 1 aromatic carbocycles. The SMILES string of the molecule is CN1CCN(NC/C=C/S(=O)(=O)NC(=O)Nc2c3c(cc4c2CCC4)CCC3)CC1. The van der Waals surface area contributed by atoms with Gasteiger partial charge < -0.3 is 10.2 Å². The Bertz CT molecular complexity index is 904. The summed E-state index contributed by atoms with van der Waals surface area (Å²) in [6.45, 7) is 4.13. The van der Waals surface area contributed by atoms with E-state index < -0.39 is 16.1 Å². The van der Waals surface area contributed by atoms with Crippen molar-refractivity contribution >= 4 is 21.7 Å². The zero-order valence-electron chi connectivity index (χ0n) is 17.5. The van der Waals surface area contributed by atoms with E-state index in [1.165, 1.54) is 28.3 Å². The van der Waals surface area contributed by atoms with E-state index in [2.05, 4.69) is 38.5 Å². The molecule has 0 atom stereocenters. The van der Waals surface area contributed by atoms with Crippen LogP contribution in [0.3, 0.4) is 0 Å². The highest BCUT2D eigenvalue weighted by Crippen LogP contribution is 2.38. The smallest absolute Gasteiger partial charge is 0.307 e. The molecule has 3 N–H and O–H groups in total. The third-order valence-electron chi connectivity index (χ3n) is 6.16. The molecule has 1 saturated heterocycles. The summed E-state index contributed by atoms with van der Waals surface area (Å²) in [6.07, 6.45) is 7.60. The average molecular weight is 434 g/mol. The molecule has 0 saturated carbocycles. The summed E-state index contributed by atoms with van der Waals surface area (Å²) in [7, 11) is -1.77. The van der Waals surface area contributed by atoms with Crippen molar-refractivity contribution in [3.05, 3.63) is 39.8 Å². The average Bonchev–Trinajstić information content (AvgIpc) is 3.35. The molecule has 0 radical (unpaired) electrons. The van der Waals surface area contributed by atoms with Crippen molar-refractivity contribution in [2.24, 2.45) is 0 Å². The van der Waals surface area contributed by atoms with Crippen LogP contribution in [0.1, 0.15) is 35.1 Å². The van der Waals surface area contributed by atoms with Gasteiger partial charge in [-0.15, -0.1) is 0 Å². The zero-order valence-corrected chi connectivity index (χ0v) is 18.4. The first-order chi connectivity index (χ1) is 14.4. The number of carbonyl (C=O) groups is 1. The van der Waals surface area contributed by atoms with Crippen LogP contribution in [-0.4, -0.2) is 64.1 Å². The maximum absolute atomic E-state index is 12.5. The first-order valence-corrected chi connectivity index (χ1v) is 12.3. The van der Waals surface area contributed by atoms with E-state index in [4.69, 9.17) is 0 Å². The lowest BCUT2D eigenvalue weighted by Crippen LogP contribution is -2.50. The summed E-state index contributed by atoms with van der Waals surface area (Å²) in [6, 6.07) is 1.58. The maximum Gasteiger partial charge on any atom is 0.333 e. The van der Waals surface area contributed by atoms with Gasteiger partial charge in [0.15, 0.2) is 0 Å². The van der Waals surface area contributed by atoms with Crippen LogP contribution < -0.4 is 15.5 Å². The molecule has 1 fully saturated rings. The zero-order chi connectivity index (χ0) is 21.1. The number of aryl methyl sites for hydroxylation is 2. The van der Waals surface area contributed by atoms with Crippen molar-refractivity contribution in [1.82, 2.24) is 20.1 Å². The lowest BCUT2D eigenvalue weighted by atomic mass is 9.99. The van der Waals surface area contributed by atoms with Crippen LogP contribution in [0.2, 0.25) is 0 Å². The van der Waals surface area contributed by atoms with Crippen molar-refractivity contribution in [2.45, 2.75) is 38.5 Å². The highest BCUT2D eigenvalue weighted by atomic mass is 32.2. The first kappa shape index (κ1) is 21.3. The fourth-order valence-electron chi connectivity index (χ4n) is 4.59. The molecule has 4 rings (SSSR count). The van der Waals surface area contributed by atoms with Gasteiger partial charge in [0.25, 0.3) is 10.0 Å². The molecule has 2 amide bonds. The van der Waals surface area contributed by atoms with E-state index >= 15 is 0 Å². The summed E-state index contributed by atoms with van der Waals surface area (Å²) in [5.74, 6) is 0. The summed E-state index contributed by atoms with van der Waals surface area (Å²) in [4.78, 5) is 14.7. The number of carbonyl (C=O) groups excluding carboxylic acids is 1. The number of benzene rings is 1. The predicted molar refractivity (Wildman–Crippen MR) is 118 cm³/mol. The van der Waals surface area contributed by atoms with Crippen LogP contribution in [0.4, 0.5) is 10.5 Å². The number of likely N-dealkylation sites (N-methyl/N-ethyl adjacent to an activating group) is 1.